The fourth-order valence-corrected chi connectivity index (χ4v) is 3.67. The minimum absolute atomic E-state index is 0.125. The maximum atomic E-state index is 12.1. The van der Waals surface area contributed by atoms with Crippen molar-refractivity contribution >= 4 is 27.3 Å². The lowest BCUT2D eigenvalue weighted by Crippen LogP contribution is -2.43. The zero-order chi connectivity index (χ0) is 23.0. The Morgan fingerprint density at radius 3 is 2.71 bits per heavy atom. The molecule has 0 saturated carbocycles. The van der Waals surface area contributed by atoms with E-state index in [0.29, 0.717) is 0 Å². The van der Waals surface area contributed by atoms with Crippen molar-refractivity contribution in [2.45, 2.75) is 44.5 Å². The molecule has 14 nitrogen and oxygen atoms in total. The number of nitrogens with one attached hydrogen (secondary N) is 1. The molecule has 0 aliphatic carbocycles. The van der Waals surface area contributed by atoms with Crippen molar-refractivity contribution in [3.05, 3.63) is 12.7 Å². The van der Waals surface area contributed by atoms with Gasteiger partial charge in [0.05, 0.1) is 25.6 Å². The van der Waals surface area contributed by atoms with Gasteiger partial charge in [0.15, 0.2) is 17.7 Å². The molecule has 5 atom stereocenters. The molecule has 3 rings (SSSR count). The molecule has 0 aromatic carbocycles. The first-order chi connectivity index (χ1) is 14.5. The number of rotatable bonds is 9. The van der Waals surface area contributed by atoms with Crippen LogP contribution in [-0.2, 0) is 19.2 Å². The number of ether oxygens (including phenoxy) is 1. The van der Waals surface area contributed by atoms with E-state index in [-0.39, 0.29) is 23.6 Å². The van der Waals surface area contributed by atoms with Crippen molar-refractivity contribution in [1.29, 1.82) is 0 Å². The van der Waals surface area contributed by atoms with E-state index in [9.17, 15) is 28.8 Å². The first-order valence-corrected chi connectivity index (χ1v) is 10.7. The lowest BCUT2D eigenvalue weighted by atomic mass is 9.88. The van der Waals surface area contributed by atoms with Gasteiger partial charge in [-0.15, -0.1) is 0 Å². The van der Waals surface area contributed by atoms with Crippen molar-refractivity contribution in [3.8, 4) is 0 Å². The Hall–Kier alpha value is -1.98. The van der Waals surface area contributed by atoms with E-state index in [1.54, 1.807) is 13.8 Å². The van der Waals surface area contributed by atoms with Crippen LogP contribution in [0.25, 0.3) is 11.2 Å². The second-order valence-electron chi connectivity index (χ2n) is 7.88. The zero-order valence-corrected chi connectivity index (χ0v) is 17.7. The van der Waals surface area contributed by atoms with Crippen LogP contribution in [-0.4, -0.2) is 92.5 Å². The van der Waals surface area contributed by atoms with Crippen molar-refractivity contribution in [1.82, 2.24) is 24.2 Å². The molecule has 2 aromatic rings. The molecule has 174 valence electrons. The molecule has 0 bridgehead atoms. The van der Waals surface area contributed by atoms with Crippen LogP contribution in [0.4, 0.5) is 5.82 Å². The van der Waals surface area contributed by atoms with E-state index in [1.807, 2.05) is 0 Å². The Balaban J connectivity index is 1.63. The summed E-state index contributed by atoms with van der Waals surface area (Å²) in [5.41, 5.74) is 5.35. The summed E-state index contributed by atoms with van der Waals surface area (Å²) in [4.78, 5) is 11.9. The maximum absolute atomic E-state index is 12.1. The molecule has 0 spiro atoms. The first-order valence-electron chi connectivity index (χ1n) is 9.34. The number of aromatic nitrogens is 4. The number of aliphatic hydroxyl groups is 4. The minimum Gasteiger partial charge on any atom is -0.396 e. The summed E-state index contributed by atoms with van der Waals surface area (Å²) in [5.74, 6) is 0.125. The molecular weight excluding hydrogens is 436 g/mol. The maximum Gasteiger partial charge on any atom is 0.336 e. The van der Waals surface area contributed by atoms with E-state index >= 15 is 0 Å². The van der Waals surface area contributed by atoms with Gasteiger partial charge >= 0.3 is 10.3 Å². The van der Waals surface area contributed by atoms with Crippen LogP contribution in [0.1, 0.15) is 20.1 Å². The normalized spacial score (nSPS) is 25.9. The number of anilines is 1. The van der Waals surface area contributed by atoms with Gasteiger partial charge in [0.2, 0.25) is 0 Å². The van der Waals surface area contributed by atoms with Gasteiger partial charge < -0.3 is 30.9 Å². The Bertz CT molecular complexity index is 1010. The Labute approximate surface area is 177 Å². The molecule has 7 N–H and O–H groups in total. The second kappa shape index (κ2) is 8.87. The highest BCUT2D eigenvalue weighted by molar-refractivity contribution is 7.84. The van der Waals surface area contributed by atoms with E-state index in [0.717, 1.165) is 0 Å². The number of aliphatic hydroxyl groups excluding tert-OH is 4. The van der Waals surface area contributed by atoms with Gasteiger partial charge in [-0.25, -0.2) is 15.0 Å². The summed E-state index contributed by atoms with van der Waals surface area (Å²) < 4.78 is 38.0. The number of hydrogen-bond donors (Lipinski definition) is 6. The third-order valence-electron chi connectivity index (χ3n) is 5.15. The Morgan fingerprint density at radius 1 is 1.32 bits per heavy atom. The lowest BCUT2D eigenvalue weighted by Gasteiger charge is -2.28. The summed E-state index contributed by atoms with van der Waals surface area (Å²) in [6.45, 7) is 1.78. The van der Waals surface area contributed by atoms with Crippen molar-refractivity contribution < 1.29 is 37.8 Å². The molecule has 3 heterocycles. The number of imidazole rings is 1. The van der Waals surface area contributed by atoms with Gasteiger partial charge in [0, 0.05) is 12.0 Å². The highest BCUT2D eigenvalue weighted by atomic mass is 32.2. The van der Waals surface area contributed by atoms with Gasteiger partial charge in [-0.1, -0.05) is 13.8 Å². The molecule has 1 aliphatic heterocycles. The summed E-state index contributed by atoms with van der Waals surface area (Å²) in [7, 11) is -4.31. The number of nitrogens with zero attached hydrogens (tertiary/aromatic N) is 4. The average molecular weight is 462 g/mol. The molecule has 15 heteroatoms. The van der Waals surface area contributed by atoms with Gasteiger partial charge in [-0.05, 0) is 0 Å². The molecule has 1 saturated heterocycles. The Kier molecular flexibility index (Phi) is 6.78. The van der Waals surface area contributed by atoms with E-state index in [1.165, 1.54) is 17.2 Å². The van der Waals surface area contributed by atoms with Crippen molar-refractivity contribution in [3.63, 3.8) is 0 Å². The largest absolute Gasteiger partial charge is 0.396 e. The quantitative estimate of drug-likeness (QED) is 0.224. The second-order valence-corrected chi connectivity index (χ2v) is 9.31. The fourth-order valence-electron chi connectivity index (χ4n) is 2.91. The van der Waals surface area contributed by atoms with Crippen LogP contribution in [0.2, 0.25) is 0 Å². The van der Waals surface area contributed by atoms with Crippen LogP contribution in [0.15, 0.2) is 12.7 Å². The van der Waals surface area contributed by atoms with Gasteiger partial charge in [0.1, 0.15) is 30.2 Å². The fraction of sp³-hybridized carbons (Fsp3) is 0.688. The number of hydrogen-bond acceptors (Lipinski definition) is 12. The smallest absolute Gasteiger partial charge is 0.336 e. The summed E-state index contributed by atoms with van der Waals surface area (Å²) in [5, 5.41) is 39.8. The molecule has 31 heavy (non-hydrogen) atoms. The summed E-state index contributed by atoms with van der Waals surface area (Å²) in [6, 6.07) is 0. The third kappa shape index (κ3) is 4.93. The van der Waals surface area contributed by atoms with Crippen molar-refractivity contribution in [2.24, 2.45) is 5.41 Å². The average Bonchev–Trinajstić information content (AvgIpc) is 3.27. The zero-order valence-electron chi connectivity index (χ0n) is 16.9. The van der Waals surface area contributed by atoms with Crippen LogP contribution in [0.3, 0.4) is 0 Å². The monoisotopic (exact) mass is 462 g/mol. The van der Waals surface area contributed by atoms with E-state index in [4.69, 9.17) is 14.7 Å². The lowest BCUT2D eigenvalue weighted by molar-refractivity contribution is -0.0470. The number of nitrogen functional groups attached to an aromatic ring is 1. The van der Waals surface area contributed by atoms with Gasteiger partial charge in [-0.2, -0.15) is 13.1 Å². The molecular formula is C16H26N6O8S. The van der Waals surface area contributed by atoms with Crippen LogP contribution < -0.4 is 10.5 Å². The van der Waals surface area contributed by atoms with Gasteiger partial charge in [0.25, 0.3) is 0 Å². The molecule has 0 amide bonds. The number of nitrogens with two attached hydrogens (primary N) is 1. The topological polar surface area (TPSA) is 215 Å². The highest BCUT2D eigenvalue weighted by Gasteiger charge is 2.45. The van der Waals surface area contributed by atoms with Gasteiger partial charge in [-0.3, -0.25) is 8.75 Å². The molecule has 0 unspecified atom stereocenters. The standard InChI is InChI=1S/C16H26N6O8S/c1-16(2,5-23)9(24)3-21-31(27,28)29-4-8-11(25)12(26)15(30-8)22-7-20-10-13(17)18-6-19-14(10)22/h6-9,11-12,15,21,23-26H,3-5H2,1-2H3,(H2,17,18,19)/t8-,9+,11-,12-,15-/m1/s1. The van der Waals surface area contributed by atoms with E-state index in [2.05, 4.69) is 19.7 Å². The first kappa shape index (κ1) is 23.7. The molecule has 2 aromatic heterocycles. The Morgan fingerprint density at radius 2 is 2.03 bits per heavy atom. The predicted octanol–water partition coefficient (Wildman–Crippen LogP) is -2.74. The third-order valence-corrected chi connectivity index (χ3v) is 6.12. The molecule has 0 radical (unpaired) electrons. The van der Waals surface area contributed by atoms with Crippen LogP contribution >= 0.6 is 0 Å². The minimum atomic E-state index is -4.31. The van der Waals surface area contributed by atoms with Crippen LogP contribution in [0, 0.1) is 5.41 Å². The van der Waals surface area contributed by atoms with Crippen LogP contribution in [0.5, 0.6) is 0 Å². The molecule has 1 fully saturated rings. The number of fused-ring (bicyclic) bond motifs is 1. The van der Waals surface area contributed by atoms with E-state index < -0.39 is 59.5 Å². The predicted molar refractivity (Wildman–Crippen MR) is 105 cm³/mol. The summed E-state index contributed by atoms with van der Waals surface area (Å²) in [6.07, 6.45) is -3.85. The molecule has 1 aliphatic rings. The highest BCUT2D eigenvalue weighted by Crippen LogP contribution is 2.32. The summed E-state index contributed by atoms with van der Waals surface area (Å²) >= 11 is 0. The van der Waals surface area contributed by atoms with Crippen molar-refractivity contribution in [2.75, 3.05) is 25.5 Å². The SMILES string of the molecule is CC(C)(CO)[C@@H](O)CNS(=O)(=O)OC[C@H]1O[C@@H](n2cnc3c(N)ncnc32)[C@H](O)[C@@H]1O.